The van der Waals surface area contributed by atoms with Crippen LogP contribution >= 0.6 is 0 Å². The molecule has 0 fully saturated rings. The summed E-state index contributed by atoms with van der Waals surface area (Å²) in [6.07, 6.45) is 2.10. The van der Waals surface area contributed by atoms with Gasteiger partial charge in [-0.3, -0.25) is 0 Å². The van der Waals surface area contributed by atoms with E-state index in [0.29, 0.717) is 0 Å². The van der Waals surface area contributed by atoms with E-state index in [4.69, 9.17) is 0 Å². The first kappa shape index (κ1) is 12.7. The standard InChI is InChI=1S/C9H17NO.C2H6/c1-7-6-8(2,3)10(11)9(7,4)5;1-2/h6,11H,1-5H3;1-2H3. The number of hydrogen-bond acceptors (Lipinski definition) is 2. The zero-order valence-corrected chi connectivity index (χ0v) is 9.97. The molecule has 1 N–H and O–H groups in total. The summed E-state index contributed by atoms with van der Waals surface area (Å²) >= 11 is 0. The van der Waals surface area contributed by atoms with Crippen LogP contribution in [0, 0.1) is 0 Å². The van der Waals surface area contributed by atoms with Gasteiger partial charge in [-0.2, -0.15) is 5.06 Å². The van der Waals surface area contributed by atoms with Crippen LogP contribution in [0.3, 0.4) is 0 Å². The molecule has 0 aromatic heterocycles. The lowest BCUT2D eigenvalue weighted by Crippen LogP contribution is -2.47. The predicted molar refractivity (Wildman–Crippen MR) is 56.9 cm³/mol. The van der Waals surface area contributed by atoms with Crippen LogP contribution in [0.5, 0.6) is 0 Å². The predicted octanol–water partition coefficient (Wildman–Crippen LogP) is 3.22. The maximum Gasteiger partial charge on any atom is 0.0620 e. The summed E-state index contributed by atoms with van der Waals surface area (Å²) in [5, 5.41) is 11.1. The lowest BCUT2D eigenvalue weighted by Gasteiger charge is -2.35. The molecule has 0 unspecified atom stereocenters. The quantitative estimate of drug-likeness (QED) is 0.586. The van der Waals surface area contributed by atoms with Gasteiger partial charge in [0.15, 0.2) is 0 Å². The van der Waals surface area contributed by atoms with Gasteiger partial charge in [0.1, 0.15) is 0 Å². The Morgan fingerprint density at radius 2 is 1.54 bits per heavy atom. The Morgan fingerprint density at radius 1 is 1.15 bits per heavy atom. The van der Waals surface area contributed by atoms with Crippen molar-refractivity contribution in [3.63, 3.8) is 0 Å². The van der Waals surface area contributed by atoms with Crippen molar-refractivity contribution >= 4 is 0 Å². The van der Waals surface area contributed by atoms with Crippen molar-refractivity contribution in [2.45, 2.75) is 59.5 Å². The van der Waals surface area contributed by atoms with E-state index < -0.39 is 0 Å². The fourth-order valence-corrected chi connectivity index (χ4v) is 1.66. The fraction of sp³-hybridized carbons (Fsp3) is 0.818. The average molecular weight is 185 g/mol. The number of hydroxylamine groups is 2. The molecular formula is C11H23NO. The Bertz CT molecular complexity index is 204. The zero-order valence-electron chi connectivity index (χ0n) is 9.97. The van der Waals surface area contributed by atoms with E-state index in [2.05, 4.69) is 13.0 Å². The summed E-state index contributed by atoms with van der Waals surface area (Å²) in [6, 6.07) is 0. The van der Waals surface area contributed by atoms with Crippen LogP contribution in [0.4, 0.5) is 0 Å². The maximum atomic E-state index is 9.74. The largest absolute Gasteiger partial charge is 0.312 e. The first-order valence-electron chi connectivity index (χ1n) is 4.97. The van der Waals surface area contributed by atoms with Crippen molar-refractivity contribution in [1.82, 2.24) is 5.06 Å². The first-order chi connectivity index (χ1) is 5.78. The molecule has 0 saturated carbocycles. The van der Waals surface area contributed by atoms with Crippen molar-refractivity contribution in [3.8, 4) is 0 Å². The topological polar surface area (TPSA) is 23.5 Å². The summed E-state index contributed by atoms with van der Waals surface area (Å²) in [6.45, 7) is 14.1. The summed E-state index contributed by atoms with van der Waals surface area (Å²) in [5.41, 5.74) is 0.807. The van der Waals surface area contributed by atoms with E-state index >= 15 is 0 Å². The highest BCUT2D eigenvalue weighted by atomic mass is 16.5. The highest BCUT2D eigenvalue weighted by Crippen LogP contribution is 2.37. The number of nitrogens with zero attached hydrogens (tertiary/aromatic N) is 1. The van der Waals surface area contributed by atoms with Gasteiger partial charge >= 0.3 is 0 Å². The molecule has 1 aliphatic rings. The molecule has 2 nitrogen and oxygen atoms in total. The Kier molecular flexibility index (Phi) is 3.71. The molecule has 1 rings (SSSR count). The van der Waals surface area contributed by atoms with Gasteiger partial charge in [0.05, 0.1) is 11.1 Å². The van der Waals surface area contributed by atoms with Gasteiger partial charge in [-0.15, -0.1) is 0 Å². The number of hydrogen-bond donors (Lipinski definition) is 1. The Hall–Kier alpha value is -0.340. The van der Waals surface area contributed by atoms with E-state index in [9.17, 15) is 5.21 Å². The van der Waals surface area contributed by atoms with Gasteiger partial charge < -0.3 is 5.21 Å². The zero-order chi connectivity index (χ0) is 10.9. The normalized spacial score (nSPS) is 24.8. The van der Waals surface area contributed by atoms with Crippen molar-refractivity contribution in [2.75, 3.05) is 0 Å². The molecule has 0 saturated heterocycles. The van der Waals surface area contributed by atoms with Crippen LogP contribution < -0.4 is 0 Å². The Labute approximate surface area is 82.2 Å². The van der Waals surface area contributed by atoms with Gasteiger partial charge in [0, 0.05) is 0 Å². The lowest BCUT2D eigenvalue weighted by atomic mass is 9.99. The molecule has 0 aromatic carbocycles. The van der Waals surface area contributed by atoms with Crippen molar-refractivity contribution in [3.05, 3.63) is 11.6 Å². The number of rotatable bonds is 0. The minimum atomic E-state index is -0.215. The molecule has 0 aliphatic carbocycles. The first-order valence-corrected chi connectivity index (χ1v) is 4.97. The van der Waals surface area contributed by atoms with Gasteiger partial charge in [-0.05, 0) is 34.6 Å². The van der Waals surface area contributed by atoms with Gasteiger partial charge in [-0.1, -0.05) is 25.5 Å². The second-order valence-electron chi connectivity index (χ2n) is 4.35. The summed E-state index contributed by atoms with van der Waals surface area (Å²) in [5.74, 6) is 0. The van der Waals surface area contributed by atoms with Crippen LogP contribution in [-0.2, 0) is 0 Å². The van der Waals surface area contributed by atoms with E-state index in [1.165, 1.54) is 10.6 Å². The Morgan fingerprint density at radius 3 is 1.62 bits per heavy atom. The SMILES string of the molecule is CC.CC1=CC(C)(C)N(O)C1(C)C. The van der Waals surface area contributed by atoms with E-state index in [0.717, 1.165) is 0 Å². The molecule has 13 heavy (non-hydrogen) atoms. The monoisotopic (exact) mass is 185 g/mol. The second kappa shape index (κ2) is 3.81. The smallest absolute Gasteiger partial charge is 0.0620 e. The Balaban J connectivity index is 0.000000671. The van der Waals surface area contributed by atoms with Crippen molar-refractivity contribution in [2.24, 2.45) is 0 Å². The average Bonchev–Trinajstić information content (AvgIpc) is 2.17. The third-order valence-electron chi connectivity index (χ3n) is 2.61. The third kappa shape index (κ3) is 2.12. The molecule has 0 bridgehead atoms. The molecule has 0 spiro atoms. The minimum absolute atomic E-state index is 0.205. The molecule has 0 radical (unpaired) electrons. The summed E-state index contributed by atoms with van der Waals surface area (Å²) in [4.78, 5) is 0. The van der Waals surface area contributed by atoms with Crippen LogP contribution in [-0.4, -0.2) is 21.3 Å². The van der Waals surface area contributed by atoms with Crippen molar-refractivity contribution in [1.29, 1.82) is 0 Å². The molecule has 0 amide bonds. The minimum Gasteiger partial charge on any atom is -0.312 e. The van der Waals surface area contributed by atoms with Gasteiger partial charge in [0.25, 0.3) is 0 Å². The van der Waals surface area contributed by atoms with Crippen molar-refractivity contribution < 1.29 is 5.21 Å². The molecule has 0 atom stereocenters. The van der Waals surface area contributed by atoms with Crippen LogP contribution in [0.2, 0.25) is 0 Å². The lowest BCUT2D eigenvalue weighted by molar-refractivity contribution is -0.185. The molecule has 1 aliphatic heterocycles. The van der Waals surface area contributed by atoms with Crippen LogP contribution in [0.25, 0.3) is 0 Å². The van der Waals surface area contributed by atoms with E-state index in [1.54, 1.807) is 0 Å². The molecule has 0 aromatic rings. The van der Waals surface area contributed by atoms with Gasteiger partial charge in [-0.25, -0.2) is 0 Å². The van der Waals surface area contributed by atoms with Crippen LogP contribution in [0.1, 0.15) is 48.5 Å². The maximum absolute atomic E-state index is 9.74. The molecule has 2 heteroatoms. The molecule has 78 valence electrons. The highest BCUT2D eigenvalue weighted by molar-refractivity contribution is 5.27. The summed E-state index contributed by atoms with van der Waals surface area (Å²) in [7, 11) is 0. The second-order valence-corrected chi connectivity index (χ2v) is 4.35. The fourth-order valence-electron chi connectivity index (χ4n) is 1.66. The van der Waals surface area contributed by atoms with E-state index in [1.807, 2.05) is 41.5 Å². The molecular weight excluding hydrogens is 162 g/mol. The van der Waals surface area contributed by atoms with E-state index in [-0.39, 0.29) is 11.1 Å². The molecule has 1 heterocycles. The highest BCUT2D eigenvalue weighted by Gasteiger charge is 2.42. The summed E-state index contributed by atoms with van der Waals surface area (Å²) < 4.78 is 0. The van der Waals surface area contributed by atoms with Gasteiger partial charge in [0.2, 0.25) is 0 Å². The van der Waals surface area contributed by atoms with Crippen LogP contribution in [0.15, 0.2) is 11.6 Å². The third-order valence-corrected chi connectivity index (χ3v) is 2.61.